The molecule has 0 fully saturated rings. The number of aromatic nitrogens is 1. The van der Waals surface area contributed by atoms with E-state index in [0.29, 0.717) is 10.9 Å². The lowest BCUT2D eigenvalue weighted by Gasteiger charge is -2.13. The lowest BCUT2D eigenvalue weighted by Crippen LogP contribution is -2.08. The summed E-state index contributed by atoms with van der Waals surface area (Å²) in [5.74, 6) is -1.21. The van der Waals surface area contributed by atoms with Crippen LogP contribution in [-0.2, 0) is 6.18 Å². The predicted molar refractivity (Wildman–Crippen MR) is 83.9 cm³/mol. The van der Waals surface area contributed by atoms with Crippen molar-refractivity contribution < 1.29 is 23.1 Å². The highest BCUT2D eigenvalue weighted by Gasteiger charge is 2.33. The van der Waals surface area contributed by atoms with Gasteiger partial charge in [-0.2, -0.15) is 13.2 Å². The Hall–Kier alpha value is -2.89. The van der Waals surface area contributed by atoms with E-state index < -0.39 is 17.7 Å². The first kappa shape index (κ1) is 16.0. The van der Waals surface area contributed by atoms with Gasteiger partial charge in [0.25, 0.3) is 0 Å². The Morgan fingerprint density at radius 3 is 2.46 bits per heavy atom. The van der Waals surface area contributed by atoms with E-state index in [9.17, 15) is 23.1 Å². The number of aryl methyl sites for hydroxylation is 1. The molecule has 1 heterocycles. The normalized spacial score (nSPS) is 11.7. The van der Waals surface area contributed by atoms with Crippen LogP contribution in [0.3, 0.4) is 0 Å². The molecule has 3 rings (SSSR count). The lowest BCUT2D eigenvalue weighted by molar-refractivity contribution is -0.137. The van der Waals surface area contributed by atoms with Crippen LogP contribution < -0.4 is 0 Å². The standard InChI is InChI=1S/C18H12F3NO2/c1-10-6-7-15-12(8-10)13(17(23)24)9-16(22-15)11-4-2-3-5-14(11)18(19,20)21/h2-9H,1H3,(H,23,24). The van der Waals surface area contributed by atoms with E-state index in [2.05, 4.69) is 4.98 Å². The first-order valence-electron chi connectivity index (χ1n) is 7.08. The maximum Gasteiger partial charge on any atom is 0.417 e. The van der Waals surface area contributed by atoms with Crippen LogP contribution in [0.5, 0.6) is 0 Å². The third-order valence-corrected chi connectivity index (χ3v) is 3.70. The maximum absolute atomic E-state index is 13.2. The number of nitrogens with zero attached hydrogens (tertiary/aromatic N) is 1. The number of benzene rings is 2. The molecule has 3 nitrogen and oxygen atoms in total. The van der Waals surface area contributed by atoms with E-state index in [0.717, 1.165) is 11.6 Å². The second-order valence-corrected chi connectivity index (χ2v) is 5.42. The molecule has 0 unspecified atom stereocenters. The molecule has 0 aliphatic carbocycles. The van der Waals surface area contributed by atoms with Crippen LogP contribution in [-0.4, -0.2) is 16.1 Å². The number of pyridine rings is 1. The molecule has 24 heavy (non-hydrogen) atoms. The second-order valence-electron chi connectivity index (χ2n) is 5.42. The molecule has 0 atom stereocenters. The van der Waals surface area contributed by atoms with E-state index in [1.165, 1.54) is 24.3 Å². The van der Waals surface area contributed by atoms with Gasteiger partial charge in [-0.1, -0.05) is 29.8 Å². The molecule has 1 aromatic heterocycles. The molecular formula is C18H12F3NO2. The van der Waals surface area contributed by atoms with Crippen LogP contribution in [0.15, 0.2) is 48.5 Å². The number of carboxylic acid groups (broad SMARTS) is 1. The summed E-state index contributed by atoms with van der Waals surface area (Å²) in [6.45, 7) is 1.80. The predicted octanol–water partition coefficient (Wildman–Crippen LogP) is 4.93. The Kier molecular flexibility index (Phi) is 3.75. The van der Waals surface area contributed by atoms with Crippen LogP contribution >= 0.6 is 0 Å². The van der Waals surface area contributed by atoms with Crippen LogP contribution in [0.25, 0.3) is 22.2 Å². The van der Waals surface area contributed by atoms with Crippen molar-refractivity contribution in [1.29, 1.82) is 0 Å². The van der Waals surface area contributed by atoms with Crippen molar-refractivity contribution in [2.24, 2.45) is 0 Å². The Balaban J connectivity index is 2.33. The Morgan fingerprint density at radius 2 is 1.79 bits per heavy atom. The fourth-order valence-electron chi connectivity index (χ4n) is 2.61. The average molecular weight is 331 g/mol. The molecule has 1 N–H and O–H groups in total. The number of rotatable bonds is 2. The first-order valence-corrected chi connectivity index (χ1v) is 7.08. The molecule has 2 aromatic carbocycles. The summed E-state index contributed by atoms with van der Waals surface area (Å²) in [5, 5.41) is 9.82. The van der Waals surface area contributed by atoms with Gasteiger partial charge in [0.1, 0.15) is 0 Å². The van der Waals surface area contributed by atoms with E-state index in [1.54, 1.807) is 25.1 Å². The summed E-state index contributed by atoms with van der Waals surface area (Å²) in [5.41, 5.74) is 0.102. The summed E-state index contributed by atoms with van der Waals surface area (Å²) in [4.78, 5) is 15.8. The topological polar surface area (TPSA) is 50.2 Å². The number of carbonyl (C=O) groups is 1. The van der Waals surface area contributed by atoms with Gasteiger partial charge in [-0.25, -0.2) is 9.78 Å². The number of hydrogen-bond donors (Lipinski definition) is 1. The largest absolute Gasteiger partial charge is 0.478 e. The number of hydrogen-bond acceptors (Lipinski definition) is 2. The summed E-state index contributed by atoms with van der Waals surface area (Å²) in [7, 11) is 0. The highest BCUT2D eigenvalue weighted by Crippen LogP contribution is 2.37. The molecule has 0 spiro atoms. The number of fused-ring (bicyclic) bond motifs is 1. The van der Waals surface area contributed by atoms with Gasteiger partial charge in [0.2, 0.25) is 0 Å². The molecular weight excluding hydrogens is 319 g/mol. The summed E-state index contributed by atoms with van der Waals surface area (Å²) in [6, 6.07) is 11.2. The summed E-state index contributed by atoms with van der Waals surface area (Å²) < 4.78 is 39.6. The summed E-state index contributed by atoms with van der Waals surface area (Å²) in [6.07, 6.45) is -4.55. The van der Waals surface area contributed by atoms with Gasteiger partial charge in [0.05, 0.1) is 22.3 Å². The fraction of sp³-hybridized carbons (Fsp3) is 0.111. The van der Waals surface area contributed by atoms with Crippen molar-refractivity contribution in [3.05, 3.63) is 65.2 Å². The van der Waals surface area contributed by atoms with Gasteiger partial charge in [-0.3, -0.25) is 0 Å². The van der Waals surface area contributed by atoms with Crippen molar-refractivity contribution in [2.45, 2.75) is 13.1 Å². The second kappa shape index (κ2) is 5.63. The van der Waals surface area contributed by atoms with E-state index in [-0.39, 0.29) is 16.8 Å². The zero-order chi connectivity index (χ0) is 17.5. The van der Waals surface area contributed by atoms with Gasteiger partial charge in [-0.15, -0.1) is 0 Å². The van der Waals surface area contributed by atoms with Gasteiger partial charge >= 0.3 is 12.1 Å². The van der Waals surface area contributed by atoms with E-state index >= 15 is 0 Å². The Morgan fingerprint density at radius 1 is 1.08 bits per heavy atom. The van der Waals surface area contributed by atoms with E-state index in [4.69, 9.17) is 0 Å². The molecule has 0 aliphatic rings. The number of carboxylic acids is 1. The Labute approximate surface area is 135 Å². The SMILES string of the molecule is Cc1ccc2nc(-c3ccccc3C(F)(F)F)cc(C(=O)O)c2c1. The molecule has 0 aliphatic heterocycles. The number of halogens is 3. The third-order valence-electron chi connectivity index (χ3n) is 3.70. The number of alkyl halides is 3. The van der Waals surface area contributed by atoms with Crippen LogP contribution in [0.4, 0.5) is 13.2 Å². The van der Waals surface area contributed by atoms with Gasteiger partial charge in [-0.05, 0) is 31.2 Å². The highest BCUT2D eigenvalue weighted by molar-refractivity contribution is 6.04. The van der Waals surface area contributed by atoms with E-state index in [1.807, 2.05) is 0 Å². The average Bonchev–Trinajstić information content (AvgIpc) is 2.53. The minimum atomic E-state index is -4.55. The smallest absolute Gasteiger partial charge is 0.417 e. The molecule has 3 aromatic rings. The van der Waals surface area contributed by atoms with Crippen molar-refractivity contribution in [1.82, 2.24) is 4.98 Å². The molecule has 0 saturated carbocycles. The monoisotopic (exact) mass is 331 g/mol. The highest BCUT2D eigenvalue weighted by atomic mass is 19.4. The molecule has 0 amide bonds. The van der Waals surface area contributed by atoms with Crippen LogP contribution in [0, 0.1) is 6.92 Å². The molecule has 0 radical (unpaired) electrons. The van der Waals surface area contributed by atoms with Crippen molar-refractivity contribution in [3.8, 4) is 11.3 Å². The molecule has 122 valence electrons. The maximum atomic E-state index is 13.2. The van der Waals surface area contributed by atoms with Gasteiger partial charge < -0.3 is 5.11 Å². The quantitative estimate of drug-likeness (QED) is 0.724. The van der Waals surface area contributed by atoms with Crippen LogP contribution in [0.2, 0.25) is 0 Å². The lowest BCUT2D eigenvalue weighted by atomic mass is 9.99. The van der Waals surface area contributed by atoms with Crippen LogP contribution in [0.1, 0.15) is 21.5 Å². The fourth-order valence-corrected chi connectivity index (χ4v) is 2.61. The number of aromatic carboxylic acids is 1. The zero-order valence-electron chi connectivity index (χ0n) is 12.6. The summed E-state index contributed by atoms with van der Waals surface area (Å²) >= 11 is 0. The van der Waals surface area contributed by atoms with Gasteiger partial charge in [0.15, 0.2) is 0 Å². The first-order chi connectivity index (χ1) is 11.3. The minimum Gasteiger partial charge on any atom is -0.478 e. The minimum absolute atomic E-state index is 0.0170. The molecule has 6 heteroatoms. The molecule has 0 bridgehead atoms. The Bertz CT molecular complexity index is 949. The van der Waals surface area contributed by atoms with Crippen molar-refractivity contribution in [2.75, 3.05) is 0 Å². The van der Waals surface area contributed by atoms with Crippen molar-refractivity contribution >= 4 is 16.9 Å². The van der Waals surface area contributed by atoms with Crippen molar-refractivity contribution in [3.63, 3.8) is 0 Å². The zero-order valence-corrected chi connectivity index (χ0v) is 12.6. The third kappa shape index (κ3) is 2.82. The molecule has 0 saturated heterocycles. The van der Waals surface area contributed by atoms with Gasteiger partial charge in [0, 0.05) is 10.9 Å².